The van der Waals surface area contributed by atoms with Crippen molar-refractivity contribution >= 4 is 11.6 Å². The third-order valence-corrected chi connectivity index (χ3v) is 4.55. The van der Waals surface area contributed by atoms with Crippen LogP contribution < -0.4 is 5.32 Å². The van der Waals surface area contributed by atoms with Crippen LogP contribution in [0.25, 0.3) is 0 Å². The first-order chi connectivity index (χ1) is 11.6. The topological polar surface area (TPSA) is 32.3 Å². The summed E-state index contributed by atoms with van der Waals surface area (Å²) in [6, 6.07) is 11.7. The van der Waals surface area contributed by atoms with Crippen molar-refractivity contribution in [3.05, 3.63) is 65.0 Å². The first-order valence-corrected chi connectivity index (χ1v) is 8.51. The molecule has 1 N–H and O–H groups in total. The number of amides is 1. The molecule has 24 heavy (non-hydrogen) atoms. The minimum Gasteiger partial charge on any atom is -0.321 e. The fraction of sp³-hybridized carbons (Fsp3) is 0.350. The molecule has 0 spiro atoms. The number of carbonyl (C=O) groups is 1. The lowest BCUT2D eigenvalue weighted by Crippen LogP contribution is -2.29. The van der Waals surface area contributed by atoms with E-state index >= 15 is 0 Å². The number of nitrogens with zero attached hydrogens (tertiary/aromatic N) is 1. The Morgan fingerprint density at radius 2 is 1.79 bits per heavy atom. The number of likely N-dealkylation sites (tertiary alicyclic amines) is 1. The Hall–Kier alpha value is -2.20. The number of hydrogen-bond donors (Lipinski definition) is 1. The molecular weight excluding hydrogens is 303 g/mol. The van der Waals surface area contributed by atoms with Gasteiger partial charge < -0.3 is 5.32 Å². The zero-order chi connectivity index (χ0) is 16.9. The van der Waals surface area contributed by atoms with Crippen LogP contribution in [0.2, 0.25) is 0 Å². The Balaban J connectivity index is 1.78. The molecule has 0 atom stereocenters. The van der Waals surface area contributed by atoms with Crippen molar-refractivity contribution < 1.29 is 9.18 Å². The lowest BCUT2D eigenvalue weighted by Gasteiger charge is -2.27. The molecule has 1 fully saturated rings. The standard InChI is InChI=1S/C20H23FN2O/c1-15-6-5-7-17(14-23-12-3-2-4-13-23)19(15)22-20(24)16-8-10-18(21)11-9-16/h5-11H,2-4,12-14H2,1H3,(H,22,24). The van der Waals surface area contributed by atoms with Crippen molar-refractivity contribution in [3.63, 3.8) is 0 Å². The van der Waals surface area contributed by atoms with Crippen molar-refractivity contribution in [2.45, 2.75) is 32.7 Å². The van der Waals surface area contributed by atoms with Crippen LogP contribution in [0, 0.1) is 12.7 Å². The Labute approximate surface area is 142 Å². The highest BCUT2D eigenvalue weighted by molar-refractivity contribution is 6.05. The summed E-state index contributed by atoms with van der Waals surface area (Å²) >= 11 is 0. The van der Waals surface area contributed by atoms with Crippen LogP contribution >= 0.6 is 0 Å². The summed E-state index contributed by atoms with van der Waals surface area (Å²) < 4.78 is 13.0. The smallest absolute Gasteiger partial charge is 0.255 e. The van der Waals surface area contributed by atoms with E-state index in [-0.39, 0.29) is 11.7 Å². The molecule has 0 aromatic heterocycles. The predicted molar refractivity (Wildman–Crippen MR) is 94.7 cm³/mol. The summed E-state index contributed by atoms with van der Waals surface area (Å²) in [6.07, 6.45) is 3.78. The molecule has 2 aromatic rings. The van der Waals surface area contributed by atoms with E-state index in [4.69, 9.17) is 0 Å². The molecule has 1 amide bonds. The third kappa shape index (κ3) is 4.01. The number of rotatable bonds is 4. The molecule has 1 heterocycles. The normalized spacial score (nSPS) is 15.2. The van der Waals surface area contributed by atoms with Gasteiger partial charge in [0.05, 0.1) is 0 Å². The molecule has 126 valence electrons. The number of halogens is 1. The summed E-state index contributed by atoms with van der Waals surface area (Å²) in [6.45, 7) is 5.07. The van der Waals surface area contributed by atoms with Crippen molar-refractivity contribution in [2.75, 3.05) is 18.4 Å². The quantitative estimate of drug-likeness (QED) is 0.905. The Kier molecular flexibility index (Phi) is 5.26. The van der Waals surface area contributed by atoms with Gasteiger partial charge in [0, 0.05) is 17.8 Å². The van der Waals surface area contributed by atoms with Crippen molar-refractivity contribution in [3.8, 4) is 0 Å². The van der Waals surface area contributed by atoms with Gasteiger partial charge in [0.2, 0.25) is 0 Å². The average molecular weight is 326 g/mol. The van der Waals surface area contributed by atoms with Crippen LogP contribution in [0.5, 0.6) is 0 Å². The van der Waals surface area contributed by atoms with E-state index in [2.05, 4.69) is 16.3 Å². The predicted octanol–water partition coefficient (Wildman–Crippen LogP) is 4.37. The second-order valence-corrected chi connectivity index (χ2v) is 6.41. The number of anilines is 1. The first-order valence-electron chi connectivity index (χ1n) is 8.51. The number of piperidine rings is 1. The lowest BCUT2D eigenvalue weighted by atomic mass is 10.0. The van der Waals surface area contributed by atoms with Crippen LogP contribution in [0.3, 0.4) is 0 Å². The summed E-state index contributed by atoms with van der Waals surface area (Å²) in [5, 5.41) is 3.02. The molecule has 0 aliphatic carbocycles. The van der Waals surface area contributed by atoms with Crippen LogP contribution in [-0.4, -0.2) is 23.9 Å². The number of para-hydroxylation sites is 1. The minimum atomic E-state index is -0.340. The van der Waals surface area contributed by atoms with Crippen molar-refractivity contribution in [1.82, 2.24) is 4.90 Å². The molecule has 1 aliphatic rings. The van der Waals surface area contributed by atoms with E-state index in [0.717, 1.165) is 36.4 Å². The molecule has 2 aromatic carbocycles. The second kappa shape index (κ2) is 7.58. The minimum absolute atomic E-state index is 0.204. The zero-order valence-corrected chi connectivity index (χ0v) is 14.0. The molecule has 0 radical (unpaired) electrons. The van der Waals surface area contributed by atoms with Gasteiger partial charge in [-0.15, -0.1) is 0 Å². The van der Waals surface area contributed by atoms with Crippen LogP contribution in [0.4, 0.5) is 10.1 Å². The van der Waals surface area contributed by atoms with Gasteiger partial charge in [0.1, 0.15) is 5.82 Å². The summed E-state index contributed by atoms with van der Waals surface area (Å²) in [5.74, 6) is -0.544. The van der Waals surface area contributed by atoms with E-state index in [9.17, 15) is 9.18 Å². The highest BCUT2D eigenvalue weighted by Gasteiger charge is 2.15. The molecular formula is C20H23FN2O. The van der Waals surface area contributed by atoms with Gasteiger partial charge in [0.25, 0.3) is 5.91 Å². The van der Waals surface area contributed by atoms with Crippen LogP contribution in [0.1, 0.15) is 40.7 Å². The number of benzene rings is 2. The Morgan fingerprint density at radius 3 is 2.50 bits per heavy atom. The third-order valence-electron chi connectivity index (χ3n) is 4.55. The first kappa shape index (κ1) is 16.7. The van der Waals surface area contributed by atoms with Crippen molar-refractivity contribution in [2.24, 2.45) is 0 Å². The van der Waals surface area contributed by atoms with E-state index in [1.54, 1.807) is 0 Å². The maximum Gasteiger partial charge on any atom is 0.255 e. The molecule has 3 nitrogen and oxygen atoms in total. The molecule has 3 rings (SSSR count). The van der Waals surface area contributed by atoms with Crippen LogP contribution in [-0.2, 0) is 6.54 Å². The number of hydrogen-bond acceptors (Lipinski definition) is 2. The molecule has 0 bridgehead atoms. The summed E-state index contributed by atoms with van der Waals surface area (Å²) in [4.78, 5) is 14.9. The molecule has 0 saturated carbocycles. The maximum atomic E-state index is 13.0. The monoisotopic (exact) mass is 326 g/mol. The highest BCUT2D eigenvalue weighted by atomic mass is 19.1. The summed E-state index contributed by atoms with van der Waals surface area (Å²) in [7, 11) is 0. The van der Waals surface area contributed by atoms with Gasteiger partial charge in [-0.25, -0.2) is 4.39 Å². The Morgan fingerprint density at radius 1 is 1.08 bits per heavy atom. The van der Waals surface area contributed by atoms with Gasteiger partial charge in [-0.05, 0) is 68.2 Å². The molecule has 4 heteroatoms. The lowest BCUT2D eigenvalue weighted by molar-refractivity contribution is 0.102. The fourth-order valence-electron chi connectivity index (χ4n) is 3.18. The number of carbonyl (C=O) groups excluding carboxylic acids is 1. The van der Waals surface area contributed by atoms with Crippen LogP contribution in [0.15, 0.2) is 42.5 Å². The van der Waals surface area contributed by atoms with E-state index in [0.29, 0.717) is 5.56 Å². The van der Waals surface area contributed by atoms with E-state index in [1.165, 1.54) is 43.5 Å². The average Bonchev–Trinajstić information content (AvgIpc) is 2.59. The highest BCUT2D eigenvalue weighted by Crippen LogP contribution is 2.24. The number of nitrogens with one attached hydrogen (secondary N) is 1. The zero-order valence-electron chi connectivity index (χ0n) is 14.0. The molecule has 1 aliphatic heterocycles. The van der Waals surface area contributed by atoms with Gasteiger partial charge in [-0.3, -0.25) is 9.69 Å². The fourth-order valence-corrected chi connectivity index (χ4v) is 3.18. The molecule has 1 saturated heterocycles. The van der Waals surface area contributed by atoms with E-state index < -0.39 is 0 Å². The van der Waals surface area contributed by atoms with E-state index in [1.807, 2.05) is 19.1 Å². The van der Waals surface area contributed by atoms with Gasteiger partial charge in [0.15, 0.2) is 0 Å². The SMILES string of the molecule is Cc1cccc(CN2CCCCC2)c1NC(=O)c1ccc(F)cc1. The second-order valence-electron chi connectivity index (χ2n) is 6.41. The van der Waals surface area contributed by atoms with Gasteiger partial charge in [-0.2, -0.15) is 0 Å². The van der Waals surface area contributed by atoms with Gasteiger partial charge >= 0.3 is 0 Å². The largest absolute Gasteiger partial charge is 0.321 e. The summed E-state index contributed by atoms with van der Waals surface area (Å²) in [5.41, 5.74) is 3.51. The molecule has 0 unspecified atom stereocenters. The van der Waals surface area contributed by atoms with Crippen molar-refractivity contribution in [1.29, 1.82) is 0 Å². The maximum absolute atomic E-state index is 13.0. The Bertz CT molecular complexity index is 706. The van der Waals surface area contributed by atoms with Gasteiger partial charge in [-0.1, -0.05) is 24.6 Å². The number of aryl methyl sites for hydroxylation is 1.